The highest BCUT2D eigenvalue weighted by atomic mass is 127. The number of ether oxygens (including phenoxy) is 1. The molecule has 0 fully saturated rings. The fourth-order valence-electron chi connectivity index (χ4n) is 2.25. The number of hydrogen-bond donors (Lipinski definition) is 1. The zero-order valence-corrected chi connectivity index (χ0v) is 18.4. The molecule has 2 rings (SSSR count). The minimum absolute atomic E-state index is 0. The van der Waals surface area contributed by atoms with Crippen molar-refractivity contribution < 1.29 is 4.74 Å². The number of guanidine groups is 1. The monoisotopic (exact) mass is 474 g/mol. The second kappa shape index (κ2) is 11.3. The Morgan fingerprint density at radius 1 is 1.36 bits per heavy atom. The maximum atomic E-state index is 5.85. The van der Waals surface area contributed by atoms with Crippen LogP contribution in [-0.2, 0) is 13.0 Å². The normalized spacial score (nSPS) is 11.0. The summed E-state index contributed by atoms with van der Waals surface area (Å²) in [5.41, 5.74) is 1.15. The molecule has 0 spiro atoms. The van der Waals surface area contributed by atoms with Gasteiger partial charge in [-0.15, -0.1) is 35.3 Å². The second-order valence-electron chi connectivity index (χ2n) is 5.51. The van der Waals surface area contributed by atoms with Crippen molar-refractivity contribution in [3.05, 3.63) is 45.9 Å². The van der Waals surface area contributed by atoms with Gasteiger partial charge in [0.15, 0.2) is 5.96 Å². The van der Waals surface area contributed by atoms with Gasteiger partial charge in [0, 0.05) is 25.2 Å². The zero-order valence-electron chi connectivity index (χ0n) is 15.3. The number of benzene rings is 1. The number of aromatic nitrogens is 1. The van der Waals surface area contributed by atoms with E-state index >= 15 is 0 Å². The molecule has 0 saturated heterocycles. The first-order chi connectivity index (χ1) is 11.6. The Hall–Kier alpha value is -1.35. The first-order valence-corrected chi connectivity index (χ1v) is 8.99. The maximum absolute atomic E-state index is 5.85. The second-order valence-corrected chi connectivity index (χ2v) is 6.71. The average Bonchev–Trinajstić information content (AvgIpc) is 3.05. The van der Waals surface area contributed by atoms with Crippen molar-refractivity contribution in [1.29, 1.82) is 0 Å². The Balaban J connectivity index is 0.00000312. The molecular weight excluding hydrogens is 447 g/mol. The number of nitrogens with zero attached hydrogens (tertiary/aromatic N) is 3. The van der Waals surface area contributed by atoms with Gasteiger partial charge in [-0.25, -0.2) is 4.98 Å². The van der Waals surface area contributed by atoms with Crippen molar-refractivity contribution in [2.24, 2.45) is 4.99 Å². The summed E-state index contributed by atoms with van der Waals surface area (Å²) < 4.78 is 5.85. The highest BCUT2D eigenvalue weighted by Gasteiger charge is 2.08. The van der Waals surface area contributed by atoms with Crippen LogP contribution in [0.15, 0.2) is 35.5 Å². The minimum atomic E-state index is 0. The van der Waals surface area contributed by atoms with Crippen LogP contribution in [0.3, 0.4) is 0 Å². The summed E-state index contributed by atoms with van der Waals surface area (Å²) in [5.74, 6) is 1.78. The van der Waals surface area contributed by atoms with Crippen molar-refractivity contribution in [3.63, 3.8) is 0 Å². The molecule has 0 saturated carbocycles. The third kappa shape index (κ3) is 6.81. The Kier molecular flexibility index (Phi) is 9.81. The third-order valence-electron chi connectivity index (χ3n) is 3.70. The number of aryl methyl sites for hydroxylation is 2. The molecule has 0 aliphatic rings. The molecule has 0 unspecified atom stereocenters. The van der Waals surface area contributed by atoms with E-state index in [0.29, 0.717) is 13.2 Å². The van der Waals surface area contributed by atoms with Crippen molar-refractivity contribution in [3.8, 4) is 5.75 Å². The van der Waals surface area contributed by atoms with E-state index in [1.165, 1.54) is 4.88 Å². The largest absolute Gasteiger partial charge is 0.491 e. The smallest absolute Gasteiger partial charge is 0.193 e. The third-order valence-corrected chi connectivity index (χ3v) is 4.84. The van der Waals surface area contributed by atoms with Crippen LogP contribution in [0.5, 0.6) is 5.75 Å². The Labute approximate surface area is 171 Å². The number of thiazole rings is 1. The molecule has 2 aromatic rings. The number of likely N-dealkylation sites (N-methyl/N-ethyl adjacent to an activating group) is 1. The SMILES string of the molecule is CCc1cnc(CNC(=NC)N(C)CCOc2ccccc2C)s1.I. The molecule has 1 aromatic carbocycles. The Bertz CT molecular complexity index is 675. The van der Waals surface area contributed by atoms with Crippen LogP contribution in [0.2, 0.25) is 0 Å². The summed E-state index contributed by atoms with van der Waals surface area (Å²) in [7, 11) is 3.80. The van der Waals surface area contributed by atoms with Gasteiger partial charge >= 0.3 is 0 Å². The molecule has 25 heavy (non-hydrogen) atoms. The van der Waals surface area contributed by atoms with E-state index in [0.717, 1.165) is 35.2 Å². The molecule has 0 radical (unpaired) electrons. The summed E-state index contributed by atoms with van der Waals surface area (Å²) in [4.78, 5) is 12.1. The maximum Gasteiger partial charge on any atom is 0.193 e. The number of para-hydroxylation sites is 1. The lowest BCUT2D eigenvalue weighted by atomic mass is 10.2. The number of nitrogens with one attached hydrogen (secondary N) is 1. The molecule has 1 aromatic heterocycles. The number of hydrogen-bond acceptors (Lipinski definition) is 4. The van der Waals surface area contributed by atoms with Crippen LogP contribution in [0.1, 0.15) is 22.4 Å². The van der Waals surface area contributed by atoms with E-state index in [2.05, 4.69) is 40.1 Å². The quantitative estimate of drug-likeness (QED) is 0.378. The van der Waals surface area contributed by atoms with E-state index in [1.54, 1.807) is 18.4 Å². The van der Waals surface area contributed by atoms with E-state index in [1.807, 2.05) is 31.4 Å². The van der Waals surface area contributed by atoms with Crippen molar-refractivity contribution >= 4 is 41.3 Å². The van der Waals surface area contributed by atoms with Gasteiger partial charge in [0.05, 0.1) is 13.1 Å². The zero-order chi connectivity index (χ0) is 17.4. The van der Waals surface area contributed by atoms with Crippen LogP contribution >= 0.6 is 35.3 Å². The highest BCUT2D eigenvalue weighted by molar-refractivity contribution is 14.0. The molecule has 0 aliphatic heterocycles. The molecule has 1 heterocycles. The predicted molar refractivity (Wildman–Crippen MR) is 116 cm³/mol. The lowest BCUT2D eigenvalue weighted by molar-refractivity contribution is 0.280. The summed E-state index contributed by atoms with van der Waals surface area (Å²) in [6.07, 6.45) is 2.98. The van der Waals surface area contributed by atoms with Crippen LogP contribution in [-0.4, -0.2) is 43.1 Å². The molecule has 0 amide bonds. The molecular formula is C18H27IN4OS. The van der Waals surface area contributed by atoms with Gasteiger partial charge < -0.3 is 15.0 Å². The van der Waals surface area contributed by atoms with Gasteiger partial charge in [-0.3, -0.25) is 4.99 Å². The number of aliphatic imine (C=N–C) groups is 1. The minimum Gasteiger partial charge on any atom is -0.491 e. The van der Waals surface area contributed by atoms with Crippen molar-refractivity contribution in [2.45, 2.75) is 26.8 Å². The van der Waals surface area contributed by atoms with Gasteiger partial charge in [0.25, 0.3) is 0 Å². The van der Waals surface area contributed by atoms with E-state index in [9.17, 15) is 0 Å². The molecule has 0 atom stereocenters. The molecule has 5 nitrogen and oxygen atoms in total. The Morgan fingerprint density at radius 2 is 2.12 bits per heavy atom. The van der Waals surface area contributed by atoms with Gasteiger partial charge in [0.2, 0.25) is 0 Å². The predicted octanol–water partition coefficient (Wildman–Crippen LogP) is 3.72. The van der Waals surface area contributed by atoms with Crippen LogP contribution in [0, 0.1) is 6.92 Å². The van der Waals surface area contributed by atoms with Gasteiger partial charge in [-0.2, -0.15) is 0 Å². The lowest BCUT2D eigenvalue weighted by Crippen LogP contribution is -2.40. The van der Waals surface area contributed by atoms with Gasteiger partial charge in [0.1, 0.15) is 17.4 Å². The molecule has 0 bridgehead atoms. The summed E-state index contributed by atoms with van der Waals surface area (Å²) in [6, 6.07) is 8.06. The van der Waals surface area contributed by atoms with Crippen molar-refractivity contribution in [1.82, 2.24) is 15.2 Å². The number of rotatable bonds is 7. The summed E-state index contributed by atoms with van der Waals surface area (Å²) >= 11 is 1.74. The molecule has 7 heteroatoms. The topological polar surface area (TPSA) is 49.8 Å². The fraction of sp³-hybridized carbons (Fsp3) is 0.444. The van der Waals surface area contributed by atoms with Crippen LogP contribution < -0.4 is 10.1 Å². The summed E-state index contributed by atoms with van der Waals surface area (Å²) in [6.45, 7) is 6.26. The standard InChI is InChI=1S/C18H26N4OS.HI/c1-5-15-12-20-17(24-15)13-21-18(19-3)22(4)10-11-23-16-9-7-6-8-14(16)2;/h6-9,12H,5,10-11,13H2,1-4H3,(H,19,21);1H. The number of halogens is 1. The first kappa shape index (κ1) is 21.7. The molecule has 1 N–H and O–H groups in total. The van der Waals surface area contributed by atoms with Gasteiger partial charge in [-0.1, -0.05) is 25.1 Å². The lowest BCUT2D eigenvalue weighted by Gasteiger charge is -2.22. The van der Waals surface area contributed by atoms with Gasteiger partial charge in [-0.05, 0) is 25.0 Å². The van der Waals surface area contributed by atoms with E-state index < -0.39 is 0 Å². The Morgan fingerprint density at radius 3 is 2.76 bits per heavy atom. The van der Waals surface area contributed by atoms with Crippen LogP contribution in [0.25, 0.3) is 0 Å². The van der Waals surface area contributed by atoms with E-state index in [-0.39, 0.29) is 24.0 Å². The summed E-state index contributed by atoms with van der Waals surface area (Å²) in [5, 5.41) is 4.43. The van der Waals surface area contributed by atoms with Crippen LogP contribution in [0.4, 0.5) is 0 Å². The highest BCUT2D eigenvalue weighted by Crippen LogP contribution is 2.16. The van der Waals surface area contributed by atoms with Crippen molar-refractivity contribution in [2.75, 3.05) is 27.2 Å². The first-order valence-electron chi connectivity index (χ1n) is 8.17. The molecule has 0 aliphatic carbocycles. The molecule has 138 valence electrons. The fourth-order valence-corrected chi connectivity index (χ4v) is 3.05. The van der Waals surface area contributed by atoms with E-state index in [4.69, 9.17) is 4.74 Å². The average molecular weight is 474 g/mol.